The standard InChI is InChI=1S/C16H27N/c1-4-5-6-9-15(3)17-12-11-16-10-7-8-14(2)13-16/h7-8,10,13,15,17H,4-6,9,11-12H2,1-3H3. The van der Waals surface area contributed by atoms with Gasteiger partial charge in [-0.15, -0.1) is 0 Å². The number of hydrogen-bond donors (Lipinski definition) is 1. The van der Waals surface area contributed by atoms with Crippen LogP contribution in [0.4, 0.5) is 0 Å². The monoisotopic (exact) mass is 233 g/mol. The van der Waals surface area contributed by atoms with E-state index in [2.05, 4.69) is 50.4 Å². The molecule has 1 rings (SSSR count). The predicted molar refractivity (Wildman–Crippen MR) is 76.5 cm³/mol. The predicted octanol–water partition coefficient (Wildman–Crippen LogP) is 4.10. The van der Waals surface area contributed by atoms with Gasteiger partial charge in [0, 0.05) is 6.04 Å². The number of benzene rings is 1. The van der Waals surface area contributed by atoms with Crippen LogP contribution in [0.25, 0.3) is 0 Å². The summed E-state index contributed by atoms with van der Waals surface area (Å²) in [5.74, 6) is 0. The smallest absolute Gasteiger partial charge is 0.00388 e. The highest BCUT2D eigenvalue weighted by Gasteiger charge is 2.00. The van der Waals surface area contributed by atoms with Gasteiger partial charge in [0.2, 0.25) is 0 Å². The lowest BCUT2D eigenvalue weighted by molar-refractivity contribution is 0.490. The van der Waals surface area contributed by atoms with Crippen LogP contribution in [-0.4, -0.2) is 12.6 Å². The van der Waals surface area contributed by atoms with Gasteiger partial charge in [-0.05, 0) is 38.8 Å². The second kappa shape index (κ2) is 8.30. The Bertz CT molecular complexity index is 306. The van der Waals surface area contributed by atoms with Gasteiger partial charge >= 0.3 is 0 Å². The molecule has 0 amide bonds. The van der Waals surface area contributed by atoms with Gasteiger partial charge in [0.05, 0.1) is 0 Å². The van der Waals surface area contributed by atoms with Crippen LogP contribution in [0.15, 0.2) is 24.3 Å². The quantitative estimate of drug-likeness (QED) is 0.667. The van der Waals surface area contributed by atoms with Gasteiger partial charge in [-0.25, -0.2) is 0 Å². The molecule has 0 bridgehead atoms. The molecule has 17 heavy (non-hydrogen) atoms. The van der Waals surface area contributed by atoms with E-state index in [1.54, 1.807) is 0 Å². The van der Waals surface area contributed by atoms with Crippen molar-refractivity contribution in [2.45, 2.75) is 58.9 Å². The minimum absolute atomic E-state index is 0.659. The molecular weight excluding hydrogens is 206 g/mol. The average Bonchev–Trinajstić information content (AvgIpc) is 2.29. The van der Waals surface area contributed by atoms with Crippen LogP contribution in [0.5, 0.6) is 0 Å². The van der Waals surface area contributed by atoms with Gasteiger partial charge in [-0.3, -0.25) is 0 Å². The van der Waals surface area contributed by atoms with Crippen molar-refractivity contribution in [3.05, 3.63) is 35.4 Å². The fourth-order valence-electron chi connectivity index (χ4n) is 2.13. The van der Waals surface area contributed by atoms with E-state index in [1.165, 1.54) is 36.8 Å². The van der Waals surface area contributed by atoms with E-state index in [0.29, 0.717) is 6.04 Å². The number of rotatable bonds is 8. The summed E-state index contributed by atoms with van der Waals surface area (Å²) in [5.41, 5.74) is 2.80. The van der Waals surface area contributed by atoms with E-state index in [4.69, 9.17) is 0 Å². The SMILES string of the molecule is CCCCCC(C)NCCc1cccc(C)c1. The molecule has 1 aromatic rings. The molecule has 1 aromatic carbocycles. The van der Waals surface area contributed by atoms with E-state index >= 15 is 0 Å². The highest BCUT2D eigenvalue weighted by molar-refractivity contribution is 5.22. The summed E-state index contributed by atoms with van der Waals surface area (Å²) in [4.78, 5) is 0. The number of unbranched alkanes of at least 4 members (excludes halogenated alkanes) is 2. The van der Waals surface area contributed by atoms with Crippen LogP contribution in [0.3, 0.4) is 0 Å². The van der Waals surface area contributed by atoms with Crippen LogP contribution in [0, 0.1) is 6.92 Å². The Morgan fingerprint density at radius 2 is 2.06 bits per heavy atom. The van der Waals surface area contributed by atoms with Crippen molar-refractivity contribution in [2.24, 2.45) is 0 Å². The third-order valence-electron chi connectivity index (χ3n) is 3.23. The van der Waals surface area contributed by atoms with Gasteiger partial charge < -0.3 is 5.32 Å². The Morgan fingerprint density at radius 3 is 2.76 bits per heavy atom. The van der Waals surface area contributed by atoms with Crippen molar-refractivity contribution in [2.75, 3.05) is 6.54 Å². The van der Waals surface area contributed by atoms with Crippen molar-refractivity contribution >= 4 is 0 Å². The molecule has 0 heterocycles. The van der Waals surface area contributed by atoms with E-state index < -0.39 is 0 Å². The maximum atomic E-state index is 3.61. The Morgan fingerprint density at radius 1 is 1.24 bits per heavy atom. The molecule has 0 aliphatic heterocycles. The Kier molecular flexibility index (Phi) is 6.95. The fourth-order valence-corrected chi connectivity index (χ4v) is 2.13. The summed E-state index contributed by atoms with van der Waals surface area (Å²) < 4.78 is 0. The van der Waals surface area contributed by atoms with Crippen molar-refractivity contribution in [1.82, 2.24) is 5.32 Å². The summed E-state index contributed by atoms with van der Waals surface area (Å²) in [6, 6.07) is 9.46. The van der Waals surface area contributed by atoms with Gasteiger partial charge in [-0.2, -0.15) is 0 Å². The molecule has 0 saturated carbocycles. The molecule has 1 nitrogen and oxygen atoms in total. The van der Waals surface area contributed by atoms with Crippen molar-refractivity contribution in [3.63, 3.8) is 0 Å². The van der Waals surface area contributed by atoms with E-state index in [-0.39, 0.29) is 0 Å². The molecule has 0 radical (unpaired) electrons. The van der Waals surface area contributed by atoms with Gasteiger partial charge in [0.25, 0.3) is 0 Å². The van der Waals surface area contributed by atoms with Crippen molar-refractivity contribution in [1.29, 1.82) is 0 Å². The zero-order chi connectivity index (χ0) is 12.5. The zero-order valence-electron chi connectivity index (χ0n) is 11.6. The first-order valence-electron chi connectivity index (χ1n) is 7.01. The normalized spacial score (nSPS) is 12.6. The molecule has 0 fully saturated rings. The first-order valence-corrected chi connectivity index (χ1v) is 7.01. The minimum Gasteiger partial charge on any atom is -0.314 e. The maximum absolute atomic E-state index is 3.61. The average molecular weight is 233 g/mol. The summed E-state index contributed by atoms with van der Waals surface area (Å²) >= 11 is 0. The van der Waals surface area contributed by atoms with E-state index in [9.17, 15) is 0 Å². The second-order valence-electron chi connectivity index (χ2n) is 5.09. The lowest BCUT2D eigenvalue weighted by Gasteiger charge is -2.13. The Balaban J connectivity index is 2.14. The van der Waals surface area contributed by atoms with Crippen LogP contribution in [0.1, 0.15) is 50.7 Å². The molecule has 1 unspecified atom stereocenters. The number of aryl methyl sites for hydroxylation is 1. The van der Waals surface area contributed by atoms with Gasteiger partial charge in [0.15, 0.2) is 0 Å². The molecule has 1 heteroatoms. The summed E-state index contributed by atoms with van der Waals surface area (Å²) in [7, 11) is 0. The first kappa shape index (κ1) is 14.2. The van der Waals surface area contributed by atoms with Crippen LogP contribution < -0.4 is 5.32 Å². The Labute approximate surface area is 107 Å². The number of hydrogen-bond acceptors (Lipinski definition) is 1. The van der Waals surface area contributed by atoms with E-state index in [0.717, 1.165) is 13.0 Å². The summed E-state index contributed by atoms with van der Waals surface area (Å²) in [5, 5.41) is 3.61. The molecule has 1 atom stereocenters. The zero-order valence-corrected chi connectivity index (χ0v) is 11.6. The molecule has 1 N–H and O–H groups in total. The molecule has 0 aliphatic carbocycles. The summed E-state index contributed by atoms with van der Waals surface area (Å²) in [6.07, 6.45) is 6.48. The van der Waals surface area contributed by atoms with Crippen LogP contribution in [-0.2, 0) is 6.42 Å². The highest BCUT2D eigenvalue weighted by Crippen LogP contribution is 2.05. The third kappa shape index (κ3) is 6.48. The summed E-state index contributed by atoms with van der Waals surface area (Å²) in [6.45, 7) is 7.81. The molecule has 0 spiro atoms. The van der Waals surface area contributed by atoms with Crippen molar-refractivity contribution in [3.8, 4) is 0 Å². The second-order valence-corrected chi connectivity index (χ2v) is 5.09. The molecule has 0 saturated heterocycles. The topological polar surface area (TPSA) is 12.0 Å². The fraction of sp³-hybridized carbons (Fsp3) is 0.625. The van der Waals surface area contributed by atoms with Crippen LogP contribution >= 0.6 is 0 Å². The van der Waals surface area contributed by atoms with Crippen LogP contribution in [0.2, 0.25) is 0 Å². The third-order valence-corrected chi connectivity index (χ3v) is 3.23. The van der Waals surface area contributed by atoms with E-state index in [1.807, 2.05) is 0 Å². The maximum Gasteiger partial charge on any atom is 0.00388 e. The molecule has 0 aliphatic rings. The van der Waals surface area contributed by atoms with Crippen molar-refractivity contribution < 1.29 is 0 Å². The number of nitrogens with one attached hydrogen (secondary N) is 1. The minimum atomic E-state index is 0.659. The molecule has 96 valence electrons. The molecular formula is C16H27N. The highest BCUT2D eigenvalue weighted by atomic mass is 14.9. The van der Waals surface area contributed by atoms with Gasteiger partial charge in [-0.1, -0.05) is 56.0 Å². The lowest BCUT2D eigenvalue weighted by Crippen LogP contribution is -2.27. The largest absolute Gasteiger partial charge is 0.314 e. The molecule has 0 aromatic heterocycles. The first-order chi connectivity index (χ1) is 8.22. The van der Waals surface area contributed by atoms with Gasteiger partial charge in [0.1, 0.15) is 0 Å². The Hall–Kier alpha value is -0.820. The lowest BCUT2D eigenvalue weighted by atomic mass is 10.1.